The van der Waals surface area contributed by atoms with E-state index in [2.05, 4.69) is 32.0 Å². The number of aryl methyl sites for hydroxylation is 2. The van der Waals surface area contributed by atoms with Crippen LogP contribution in [0.25, 0.3) is 0 Å². The zero-order valence-corrected chi connectivity index (χ0v) is 12.4. The molecule has 0 radical (unpaired) electrons. The Balaban J connectivity index is 1.77. The maximum Gasteiger partial charge on any atom is 0.223 e. The van der Waals surface area contributed by atoms with E-state index in [1.165, 1.54) is 16.0 Å². The molecule has 1 aromatic rings. The molecule has 2 rings (SSSR count). The van der Waals surface area contributed by atoms with Crippen molar-refractivity contribution in [3.8, 4) is 0 Å². The number of hydrogen-bond acceptors (Lipinski definition) is 3. The summed E-state index contributed by atoms with van der Waals surface area (Å²) in [6.45, 7) is 5.42. The van der Waals surface area contributed by atoms with E-state index in [0.29, 0.717) is 19.5 Å². The largest absolute Gasteiger partial charge is 0.391 e. The zero-order valence-electron chi connectivity index (χ0n) is 11.6. The molecule has 4 heteroatoms. The van der Waals surface area contributed by atoms with E-state index in [0.717, 1.165) is 12.2 Å². The summed E-state index contributed by atoms with van der Waals surface area (Å²) in [6.07, 6.45) is 0.941. The Labute approximate surface area is 119 Å². The summed E-state index contributed by atoms with van der Waals surface area (Å²) < 4.78 is 0. The van der Waals surface area contributed by atoms with Gasteiger partial charge in [-0.05, 0) is 43.5 Å². The third kappa shape index (κ3) is 3.98. The standard InChI is InChI=1S/C15H21NO2S/c1-11-3-4-14(9-12(11)2)19-8-6-15(18)16-7-5-13(17)10-16/h3-4,9,13,17H,5-8,10H2,1-2H3. The summed E-state index contributed by atoms with van der Waals surface area (Å²) in [7, 11) is 0. The quantitative estimate of drug-likeness (QED) is 0.860. The third-order valence-electron chi connectivity index (χ3n) is 3.58. The highest BCUT2D eigenvalue weighted by Gasteiger charge is 2.23. The second-order valence-corrected chi connectivity index (χ2v) is 6.30. The summed E-state index contributed by atoms with van der Waals surface area (Å²) in [5.74, 6) is 0.960. The molecule has 0 aromatic heterocycles. The van der Waals surface area contributed by atoms with Gasteiger partial charge in [0, 0.05) is 30.2 Å². The first-order valence-corrected chi connectivity index (χ1v) is 7.70. The maximum atomic E-state index is 11.9. The molecule has 1 unspecified atom stereocenters. The van der Waals surface area contributed by atoms with Gasteiger partial charge in [0.15, 0.2) is 0 Å². The van der Waals surface area contributed by atoms with Crippen molar-refractivity contribution in [2.75, 3.05) is 18.8 Å². The van der Waals surface area contributed by atoms with Gasteiger partial charge in [-0.2, -0.15) is 0 Å². The maximum absolute atomic E-state index is 11.9. The number of carbonyl (C=O) groups is 1. The minimum atomic E-state index is -0.323. The zero-order chi connectivity index (χ0) is 13.8. The predicted octanol–water partition coefficient (Wildman–Crippen LogP) is 2.38. The highest BCUT2D eigenvalue weighted by Crippen LogP contribution is 2.22. The molecule has 0 saturated carbocycles. The molecule has 0 aliphatic carbocycles. The fraction of sp³-hybridized carbons (Fsp3) is 0.533. The Morgan fingerprint density at radius 2 is 2.21 bits per heavy atom. The topological polar surface area (TPSA) is 40.5 Å². The van der Waals surface area contributed by atoms with Gasteiger partial charge in [-0.3, -0.25) is 4.79 Å². The fourth-order valence-corrected chi connectivity index (χ4v) is 3.12. The molecule has 1 fully saturated rings. The van der Waals surface area contributed by atoms with Gasteiger partial charge in [-0.15, -0.1) is 11.8 Å². The van der Waals surface area contributed by atoms with Crippen molar-refractivity contribution in [3.63, 3.8) is 0 Å². The molecule has 3 nitrogen and oxygen atoms in total. The number of aliphatic hydroxyl groups excluding tert-OH is 1. The Morgan fingerprint density at radius 1 is 1.42 bits per heavy atom. The fourth-order valence-electron chi connectivity index (χ4n) is 2.19. The van der Waals surface area contributed by atoms with Gasteiger partial charge in [-0.1, -0.05) is 6.07 Å². The van der Waals surface area contributed by atoms with E-state index in [9.17, 15) is 9.90 Å². The number of β-amino-alcohol motifs (C(OH)–C–C–N with tert-alkyl or cyclic N) is 1. The van der Waals surface area contributed by atoms with Gasteiger partial charge in [0.25, 0.3) is 0 Å². The molecule has 1 amide bonds. The smallest absolute Gasteiger partial charge is 0.223 e. The molecule has 1 heterocycles. The third-order valence-corrected chi connectivity index (χ3v) is 4.57. The highest BCUT2D eigenvalue weighted by atomic mass is 32.2. The Hall–Kier alpha value is -1.00. The van der Waals surface area contributed by atoms with E-state index in [1.54, 1.807) is 16.7 Å². The van der Waals surface area contributed by atoms with Crippen LogP contribution in [0.1, 0.15) is 24.0 Å². The molecular formula is C15H21NO2S. The molecule has 1 N–H and O–H groups in total. The molecule has 19 heavy (non-hydrogen) atoms. The van der Waals surface area contributed by atoms with Crippen molar-refractivity contribution in [3.05, 3.63) is 29.3 Å². The minimum Gasteiger partial charge on any atom is -0.391 e. The first-order chi connectivity index (χ1) is 9.06. The van der Waals surface area contributed by atoms with E-state index >= 15 is 0 Å². The summed E-state index contributed by atoms with van der Waals surface area (Å²) in [5, 5.41) is 9.41. The molecule has 104 valence electrons. The first kappa shape index (κ1) is 14.4. The van der Waals surface area contributed by atoms with E-state index in [-0.39, 0.29) is 12.0 Å². The number of benzene rings is 1. The average molecular weight is 279 g/mol. The lowest BCUT2D eigenvalue weighted by atomic mass is 10.1. The normalized spacial score (nSPS) is 18.9. The minimum absolute atomic E-state index is 0.160. The number of aliphatic hydroxyl groups is 1. The van der Waals surface area contributed by atoms with Crippen molar-refractivity contribution in [1.29, 1.82) is 0 Å². The number of thioether (sulfide) groups is 1. The number of hydrogen-bond donors (Lipinski definition) is 1. The van der Waals surface area contributed by atoms with E-state index in [1.807, 2.05) is 0 Å². The molecule has 1 aromatic carbocycles. The highest BCUT2D eigenvalue weighted by molar-refractivity contribution is 7.99. The van der Waals surface area contributed by atoms with Crippen LogP contribution in [-0.2, 0) is 4.79 Å². The Kier molecular flexibility index (Phi) is 4.88. The van der Waals surface area contributed by atoms with Gasteiger partial charge >= 0.3 is 0 Å². The van der Waals surface area contributed by atoms with Crippen LogP contribution < -0.4 is 0 Å². The monoisotopic (exact) mass is 279 g/mol. The molecule has 1 saturated heterocycles. The van der Waals surface area contributed by atoms with E-state index in [4.69, 9.17) is 0 Å². The predicted molar refractivity (Wildman–Crippen MR) is 78.5 cm³/mol. The molecule has 0 spiro atoms. The lowest BCUT2D eigenvalue weighted by molar-refractivity contribution is -0.130. The second kappa shape index (κ2) is 6.44. The van der Waals surface area contributed by atoms with Crippen LogP contribution in [-0.4, -0.2) is 40.9 Å². The number of amides is 1. The lowest BCUT2D eigenvalue weighted by Crippen LogP contribution is -2.29. The van der Waals surface area contributed by atoms with Gasteiger partial charge in [0.2, 0.25) is 5.91 Å². The molecular weight excluding hydrogens is 258 g/mol. The molecule has 1 atom stereocenters. The van der Waals surface area contributed by atoms with Crippen molar-refractivity contribution in [2.24, 2.45) is 0 Å². The van der Waals surface area contributed by atoms with Gasteiger partial charge in [0.05, 0.1) is 6.10 Å². The molecule has 0 bridgehead atoms. The van der Waals surface area contributed by atoms with Gasteiger partial charge < -0.3 is 10.0 Å². The first-order valence-electron chi connectivity index (χ1n) is 6.72. The lowest BCUT2D eigenvalue weighted by Gasteiger charge is -2.15. The number of rotatable bonds is 4. The van der Waals surface area contributed by atoms with Crippen LogP contribution >= 0.6 is 11.8 Å². The van der Waals surface area contributed by atoms with Crippen molar-refractivity contribution in [2.45, 2.75) is 37.7 Å². The van der Waals surface area contributed by atoms with Crippen LogP contribution in [0, 0.1) is 13.8 Å². The summed E-state index contributed by atoms with van der Waals surface area (Å²) in [6, 6.07) is 6.40. The van der Waals surface area contributed by atoms with Crippen LogP contribution in [0.4, 0.5) is 0 Å². The van der Waals surface area contributed by atoms with Crippen LogP contribution in [0.5, 0.6) is 0 Å². The summed E-state index contributed by atoms with van der Waals surface area (Å²) in [4.78, 5) is 14.9. The summed E-state index contributed by atoms with van der Waals surface area (Å²) in [5.41, 5.74) is 2.59. The van der Waals surface area contributed by atoms with E-state index < -0.39 is 0 Å². The van der Waals surface area contributed by atoms with Crippen LogP contribution in [0.2, 0.25) is 0 Å². The van der Waals surface area contributed by atoms with Crippen molar-refractivity contribution >= 4 is 17.7 Å². The SMILES string of the molecule is Cc1ccc(SCCC(=O)N2CCC(O)C2)cc1C. The van der Waals surface area contributed by atoms with Crippen LogP contribution in [0.15, 0.2) is 23.1 Å². The van der Waals surface area contributed by atoms with Gasteiger partial charge in [-0.25, -0.2) is 0 Å². The van der Waals surface area contributed by atoms with Crippen molar-refractivity contribution in [1.82, 2.24) is 4.90 Å². The van der Waals surface area contributed by atoms with Crippen molar-refractivity contribution < 1.29 is 9.90 Å². The summed E-state index contributed by atoms with van der Waals surface area (Å²) >= 11 is 1.72. The van der Waals surface area contributed by atoms with Gasteiger partial charge in [0.1, 0.15) is 0 Å². The average Bonchev–Trinajstić information content (AvgIpc) is 2.80. The number of carbonyl (C=O) groups excluding carboxylic acids is 1. The Bertz CT molecular complexity index is 461. The number of likely N-dealkylation sites (tertiary alicyclic amines) is 1. The van der Waals surface area contributed by atoms with Crippen LogP contribution in [0.3, 0.4) is 0 Å². The molecule has 1 aliphatic rings. The second-order valence-electron chi connectivity index (χ2n) is 5.13. The Morgan fingerprint density at radius 3 is 2.84 bits per heavy atom. The number of nitrogens with zero attached hydrogens (tertiary/aromatic N) is 1. The molecule has 1 aliphatic heterocycles.